The summed E-state index contributed by atoms with van der Waals surface area (Å²) in [5.74, 6) is 2.61. The smallest absolute Gasteiger partial charge is 0.321 e. The van der Waals surface area contributed by atoms with E-state index in [-0.39, 0.29) is 6.04 Å². The maximum atomic E-state index is 11.6. The topological polar surface area (TPSA) is 40.5 Å². The molecule has 1 aliphatic heterocycles. The summed E-state index contributed by atoms with van der Waals surface area (Å²) in [6, 6.07) is -0.219. The van der Waals surface area contributed by atoms with Crippen LogP contribution < -0.4 is 0 Å². The van der Waals surface area contributed by atoms with Crippen molar-refractivity contribution in [1.29, 1.82) is 0 Å². The van der Waals surface area contributed by atoms with E-state index in [9.17, 15) is 9.90 Å². The van der Waals surface area contributed by atoms with Crippen LogP contribution in [0.25, 0.3) is 0 Å². The van der Waals surface area contributed by atoms with E-state index >= 15 is 0 Å². The lowest BCUT2D eigenvalue weighted by molar-refractivity contribution is -0.145. The number of carboxylic acid groups (broad SMARTS) is 1. The molecule has 4 bridgehead atoms. The maximum absolute atomic E-state index is 11.6. The van der Waals surface area contributed by atoms with E-state index in [2.05, 4.69) is 11.8 Å². The number of carboxylic acids is 1. The van der Waals surface area contributed by atoms with Crippen LogP contribution in [0.5, 0.6) is 0 Å². The van der Waals surface area contributed by atoms with Crippen LogP contribution in [0.3, 0.4) is 0 Å². The molecule has 20 heavy (non-hydrogen) atoms. The van der Waals surface area contributed by atoms with Gasteiger partial charge in [-0.3, -0.25) is 9.69 Å². The average Bonchev–Trinajstić information content (AvgIpc) is 2.67. The molecule has 0 radical (unpaired) electrons. The number of aliphatic carboxylic acids is 1. The van der Waals surface area contributed by atoms with Crippen LogP contribution >= 0.6 is 0 Å². The molecule has 1 N–H and O–H groups in total. The quantitative estimate of drug-likeness (QED) is 0.862. The molecule has 0 amide bonds. The summed E-state index contributed by atoms with van der Waals surface area (Å²) in [4.78, 5) is 13.9. The van der Waals surface area contributed by atoms with E-state index in [1.807, 2.05) is 0 Å². The molecule has 5 fully saturated rings. The monoisotopic (exact) mass is 277 g/mol. The van der Waals surface area contributed by atoms with Gasteiger partial charge in [0.05, 0.1) is 0 Å². The molecule has 5 rings (SSSR count). The number of likely N-dealkylation sites (tertiary alicyclic amines) is 1. The zero-order valence-electron chi connectivity index (χ0n) is 12.6. The van der Waals surface area contributed by atoms with Gasteiger partial charge < -0.3 is 5.11 Å². The van der Waals surface area contributed by atoms with Gasteiger partial charge in [0.15, 0.2) is 0 Å². The number of hydrogen-bond acceptors (Lipinski definition) is 2. The van der Waals surface area contributed by atoms with Crippen molar-refractivity contribution in [3.05, 3.63) is 0 Å². The Bertz CT molecular complexity index is 384. The van der Waals surface area contributed by atoms with E-state index in [1.165, 1.54) is 38.5 Å². The van der Waals surface area contributed by atoms with Crippen molar-refractivity contribution in [2.75, 3.05) is 13.1 Å². The second kappa shape index (κ2) is 4.46. The molecular formula is C17H27NO2. The SMILES string of the molecule is CC1CCN(CC23CC4CC(CC(C4)C2)C3)C1C(=O)O. The molecule has 1 saturated heterocycles. The third-order valence-corrected chi connectivity index (χ3v) is 6.76. The van der Waals surface area contributed by atoms with E-state index in [4.69, 9.17) is 0 Å². The highest BCUT2D eigenvalue weighted by Crippen LogP contribution is 2.60. The van der Waals surface area contributed by atoms with Gasteiger partial charge in [-0.05, 0) is 80.6 Å². The van der Waals surface area contributed by atoms with Crippen LogP contribution in [0.4, 0.5) is 0 Å². The maximum Gasteiger partial charge on any atom is 0.321 e. The Morgan fingerprint density at radius 2 is 1.70 bits per heavy atom. The molecule has 2 atom stereocenters. The fraction of sp³-hybridized carbons (Fsp3) is 0.941. The predicted octanol–water partition coefficient (Wildman–Crippen LogP) is 3.00. The third-order valence-electron chi connectivity index (χ3n) is 6.76. The highest BCUT2D eigenvalue weighted by molar-refractivity contribution is 5.74. The molecular weight excluding hydrogens is 250 g/mol. The zero-order chi connectivity index (χ0) is 13.9. The molecule has 4 saturated carbocycles. The normalized spacial score (nSPS) is 50.8. The summed E-state index contributed by atoms with van der Waals surface area (Å²) >= 11 is 0. The Morgan fingerprint density at radius 3 is 2.20 bits per heavy atom. The van der Waals surface area contributed by atoms with Gasteiger partial charge in [-0.1, -0.05) is 6.92 Å². The highest BCUT2D eigenvalue weighted by Gasteiger charge is 2.52. The molecule has 1 heterocycles. The number of rotatable bonds is 3. The largest absolute Gasteiger partial charge is 0.480 e. The van der Waals surface area contributed by atoms with E-state index in [1.54, 1.807) is 0 Å². The van der Waals surface area contributed by atoms with Gasteiger partial charge in [0.25, 0.3) is 0 Å². The van der Waals surface area contributed by atoms with Gasteiger partial charge in [-0.25, -0.2) is 0 Å². The van der Waals surface area contributed by atoms with Crippen molar-refractivity contribution in [3.8, 4) is 0 Å². The summed E-state index contributed by atoms with van der Waals surface area (Å²) in [5.41, 5.74) is 0.479. The van der Waals surface area contributed by atoms with Crippen molar-refractivity contribution < 1.29 is 9.90 Å². The minimum atomic E-state index is -0.597. The second-order valence-electron chi connectivity index (χ2n) is 8.44. The molecule has 0 aromatic heterocycles. The first-order chi connectivity index (χ1) is 9.55. The van der Waals surface area contributed by atoms with E-state index in [0.717, 1.165) is 37.3 Å². The molecule has 5 aliphatic rings. The van der Waals surface area contributed by atoms with Crippen molar-refractivity contribution in [2.24, 2.45) is 29.1 Å². The first kappa shape index (κ1) is 13.1. The Hall–Kier alpha value is -0.570. The molecule has 3 nitrogen and oxygen atoms in total. The molecule has 112 valence electrons. The van der Waals surface area contributed by atoms with Crippen LogP contribution in [0.15, 0.2) is 0 Å². The lowest BCUT2D eigenvalue weighted by Gasteiger charge is -2.58. The van der Waals surface area contributed by atoms with Crippen molar-refractivity contribution in [2.45, 2.75) is 57.9 Å². The van der Waals surface area contributed by atoms with Crippen LogP contribution in [0, 0.1) is 29.1 Å². The zero-order valence-corrected chi connectivity index (χ0v) is 12.6. The molecule has 2 unspecified atom stereocenters. The summed E-state index contributed by atoms with van der Waals surface area (Å²) in [7, 11) is 0. The summed E-state index contributed by atoms with van der Waals surface area (Å²) in [5, 5.41) is 9.53. The van der Waals surface area contributed by atoms with E-state index < -0.39 is 5.97 Å². The van der Waals surface area contributed by atoms with Gasteiger partial charge in [0.1, 0.15) is 6.04 Å². The Kier molecular flexibility index (Phi) is 2.93. The molecule has 0 aromatic carbocycles. The van der Waals surface area contributed by atoms with Gasteiger partial charge in [-0.2, -0.15) is 0 Å². The number of carbonyl (C=O) groups is 1. The molecule has 3 heteroatoms. The summed E-state index contributed by atoms with van der Waals surface area (Å²) in [6.45, 7) is 4.18. The Balaban J connectivity index is 1.52. The molecule has 0 aromatic rings. The van der Waals surface area contributed by atoms with Crippen LogP contribution in [-0.4, -0.2) is 35.1 Å². The van der Waals surface area contributed by atoms with Crippen LogP contribution in [0.1, 0.15) is 51.9 Å². The predicted molar refractivity (Wildman–Crippen MR) is 77.4 cm³/mol. The second-order valence-corrected chi connectivity index (χ2v) is 8.44. The summed E-state index contributed by atoms with van der Waals surface area (Å²) in [6.07, 6.45) is 9.63. The van der Waals surface area contributed by atoms with Crippen molar-refractivity contribution in [1.82, 2.24) is 4.90 Å². The Labute approximate surface area is 121 Å². The summed E-state index contributed by atoms with van der Waals surface area (Å²) < 4.78 is 0. The molecule has 4 aliphatic carbocycles. The van der Waals surface area contributed by atoms with Crippen LogP contribution in [0.2, 0.25) is 0 Å². The van der Waals surface area contributed by atoms with Gasteiger partial charge in [0, 0.05) is 6.54 Å². The first-order valence-electron chi connectivity index (χ1n) is 8.51. The highest BCUT2D eigenvalue weighted by atomic mass is 16.4. The van der Waals surface area contributed by atoms with E-state index in [0.29, 0.717) is 11.3 Å². The minimum absolute atomic E-state index is 0.219. The van der Waals surface area contributed by atoms with Gasteiger partial charge in [-0.15, -0.1) is 0 Å². The minimum Gasteiger partial charge on any atom is -0.480 e. The fourth-order valence-corrected chi connectivity index (χ4v) is 6.52. The van der Waals surface area contributed by atoms with Crippen LogP contribution in [-0.2, 0) is 4.79 Å². The standard InChI is InChI=1S/C17H27NO2/c1-11-2-3-18(15(11)16(19)20)10-17-7-12-4-13(8-17)6-14(5-12)9-17/h11-15H,2-10H2,1H3,(H,19,20). The average molecular weight is 277 g/mol. The lowest BCUT2D eigenvalue weighted by atomic mass is 9.49. The third kappa shape index (κ3) is 2.01. The van der Waals surface area contributed by atoms with Gasteiger partial charge in [0.2, 0.25) is 0 Å². The van der Waals surface area contributed by atoms with Crippen molar-refractivity contribution in [3.63, 3.8) is 0 Å². The number of nitrogens with zero attached hydrogens (tertiary/aromatic N) is 1. The number of hydrogen-bond donors (Lipinski definition) is 1. The lowest BCUT2D eigenvalue weighted by Crippen LogP contribution is -2.53. The molecule has 0 spiro atoms. The van der Waals surface area contributed by atoms with Crippen molar-refractivity contribution >= 4 is 5.97 Å². The fourth-order valence-electron chi connectivity index (χ4n) is 6.52. The first-order valence-corrected chi connectivity index (χ1v) is 8.51. The Morgan fingerprint density at radius 1 is 1.15 bits per heavy atom. The van der Waals surface area contributed by atoms with Gasteiger partial charge >= 0.3 is 5.97 Å².